The molecule has 120 valence electrons. The van der Waals surface area contributed by atoms with E-state index < -0.39 is 9.84 Å². The number of rotatable bonds is 4. The first-order valence-electron chi connectivity index (χ1n) is 8.09. The average Bonchev–Trinajstić information content (AvgIpc) is 2.93. The zero-order chi connectivity index (χ0) is 14.9. The number of likely N-dealkylation sites (tertiary alicyclic amines) is 1. The Bertz CT molecular complexity index is 464. The first-order chi connectivity index (χ1) is 10.0. The molecule has 0 spiro atoms. The summed E-state index contributed by atoms with van der Waals surface area (Å²) >= 11 is 0. The van der Waals surface area contributed by atoms with Crippen molar-refractivity contribution >= 4 is 15.7 Å². The number of nitrogens with zero attached hydrogens (tertiary/aromatic N) is 1. The third-order valence-electron chi connectivity index (χ3n) is 5.21. The SMILES string of the molecule is O=C(CCCC1CCOCC1)N1C[C@@H]2CS(=O)(=O)C[C@@H]2C1. The monoisotopic (exact) mass is 315 g/mol. The molecule has 1 amide bonds. The summed E-state index contributed by atoms with van der Waals surface area (Å²) in [5.41, 5.74) is 0. The van der Waals surface area contributed by atoms with E-state index >= 15 is 0 Å². The predicted molar refractivity (Wildman–Crippen MR) is 79.6 cm³/mol. The minimum absolute atomic E-state index is 0.189. The van der Waals surface area contributed by atoms with Crippen molar-refractivity contribution in [3.05, 3.63) is 0 Å². The molecular weight excluding hydrogens is 290 g/mol. The zero-order valence-electron chi connectivity index (χ0n) is 12.5. The summed E-state index contributed by atoms with van der Waals surface area (Å²) in [5, 5.41) is 0. The maximum atomic E-state index is 12.2. The van der Waals surface area contributed by atoms with Gasteiger partial charge in [0.15, 0.2) is 9.84 Å². The van der Waals surface area contributed by atoms with Crippen LogP contribution in [0.2, 0.25) is 0 Å². The summed E-state index contributed by atoms with van der Waals surface area (Å²) in [6, 6.07) is 0. The second-order valence-corrected chi connectivity index (χ2v) is 9.00. The maximum absolute atomic E-state index is 12.2. The lowest BCUT2D eigenvalue weighted by Gasteiger charge is -2.22. The Morgan fingerprint density at radius 2 is 1.71 bits per heavy atom. The van der Waals surface area contributed by atoms with Crippen LogP contribution in [0, 0.1) is 17.8 Å². The molecule has 0 aromatic carbocycles. The molecule has 0 aromatic heterocycles. The largest absolute Gasteiger partial charge is 0.381 e. The fraction of sp³-hybridized carbons (Fsp3) is 0.933. The molecule has 3 rings (SSSR count). The summed E-state index contributed by atoms with van der Waals surface area (Å²) in [7, 11) is -2.84. The molecule has 21 heavy (non-hydrogen) atoms. The van der Waals surface area contributed by atoms with Crippen molar-refractivity contribution < 1.29 is 17.9 Å². The van der Waals surface area contributed by atoms with E-state index in [4.69, 9.17) is 4.74 Å². The van der Waals surface area contributed by atoms with E-state index in [1.165, 1.54) is 0 Å². The average molecular weight is 315 g/mol. The van der Waals surface area contributed by atoms with Crippen LogP contribution in [-0.2, 0) is 19.4 Å². The van der Waals surface area contributed by atoms with Gasteiger partial charge in [-0.1, -0.05) is 0 Å². The summed E-state index contributed by atoms with van der Waals surface area (Å²) in [6.45, 7) is 3.03. The minimum Gasteiger partial charge on any atom is -0.381 e. The molecule has 0 bridgehead atoms. The topological polar surface area (TPSA) is 63.7 Å². The van der Waals surface area contributed by atoms with E-state index in [-0.39, 0.29) is 29.2 Å². The normalized spacial score (nSPS) is 32.3. The number of ether oxygens (including phenoxy) is 1. The number of carbonyl (C=O) groups excluding carboxylic acids is 1. The minimum atomic E-state index is -2.84. The molecule has 3 fully saturated rings. The first kappa shape index (κ1) is 15.3. The van der Waals surface area contributed by atoms with E-state index in [2.05, 4.69) is 0 Å². The third-order valence-corrected chi connectivity index (χ3v) is 7.08. The Kier molecular flexibility index (Phi) is 4.54. The number of carbonyl (C=O) groups is 1. The van der Waals surface area contributed by atoms with Gasteiger partial charge in [0.1, 0.15) is 0 Å². The number of fused-ring (bicyclic) bond motifs is 1. The van der Waals surface area contributed by atoms with Gasteiger partial charge in [0.2, 0.25) is 5.91 Å². The van der Waals surface area contributed by atoms with Crippen molar-refractivity contribution in [1.29, 1.82) is 0 Å². The van der Waals surface area contributed by atoms with Crippen LogP contribution in [0.4, 0.5) is 0 Å². The molecule has 5 nitrogen and oxygen atoms in total. The maximum Gasteiger partial charge on any atom is 0.222 e. The molecule has 6 heteroatoms. The van der Waals surface area contributed by atoms with Gasteiger partial charge < -0.3 is 9.64 Å². The number of hydrogen-bond donors (Lipinski definition) is 0. The van der Waals surface area contributed by atoms with Crippen LogP contribution >= 0.6 is 0 Å². The first-order valence-corrected chi connectivity index (χ1v) is 9.91. The molecule has 3 aliphatic heterocycles. The van der Waals surface area contributed by atoms with Gasteiger partial charge in [-0.2, -0.15) is 0 Å². The number of hydrogen-bond acceptors (Lipinski definition) is 4. The Labute approximate surface area is 126 Å². The standard InChI is InChI=1S/C15H25NO4S/c17-15(3-1-2-12-4-6-20-7-5-12)16-8-13-10-21(18,19)11-14(13)9-16/h12-14H,1-11H2/t13-,14+. The summed E-state index contributed by atoms with van der Waals surface area (Å²) in [5.74, 6) is 1.87. The molecule has 0 unspecified atom stereocenters. The van der Waals surface area contributed by atoms with Gasteiger partial charge in [-0.05, 0) is 43.4 Å². The van der Waals surface area contributed by atoms with E-state index in [1.807, 2.05) is 4.90 Å². The molecule has 0 aliphatic carbocycles. The van der Waals surface area contributed by atoms with Crippen LogP contribution in [0.3, 0.4) is 0 Å². The quantitative estimate of drug-likeness (QED) is 0.779. The highest BCUT2D eigenvalue weighted by Gasteiger charge is 2.44. The van der Waals surface area contributed by atoms with Crippen LogP contribution < -0.4 is 0 Å². The Morgan fingerprint density at radius 1 is 1.10 bits per heavy atom. The summed E-state index contributed by atoms with van der Waals surface area (Å²) < 4.78 is 28.5. The van der Waals surface area contributed by atoms with E-state index in [0.29, 0.717) is 19.5 Å². The molecule has 2 atom stereocenters. The molecule has 0 saturated carbocycles. The molecular formula is C15H25NO4S. The van der Waals surface area contributed by atoms with Crippen LogP contribution in [0.1, 0.15) is 32.1 Å². The highest BCUT2D eigenvalue weighted by molar-refractivity contribution is 7.91. The molecule has 3 aliphatic rings. The third kappa shape index (κ3) is 3.77. The lowest BCUT2D eigenvalue weighted by atomic mass is 9.94. The number of amides is 1. The Hall–Kier alpha value is -0.620. The van der Waals surface area contributed by atoms with Crippen molar-refractivity contribution in [3.63, 3.8) is 0 Å². The fourth-order valence-corrected chi connectivity index (χ4v) is 6.17. The van der Waals surface area contributed by atoms with E-state index in [1.54, 1.807) is 0 Å². The van der Waals surface area contributed by atoms with Gasteiger partial charge in [-0.15, -0.1) is 0 Å². The van der Waals surface area contributed by atoms with Crippen LogP contribution in [-0.4, -0.2) is 57.0 Å². The van der Waals surface area contributed by atoms with Crippen molar-refractivity contribution in [1.82, 2.24) is 4.90 Å². The molecule has 3 saturated heterocycles. The molecule has 0 radical (unpaired) electrons. The number of sulfone groups is 1. The molecule has 0 aromatic rings. The van der Waals surface area contributed by atoms with E-state index in [9.17, 15) is 13.2 Å². The van der Waals surface area contributed by atoms with Crippen LogP contribution in [0.25, 0.3) is 0 Å². The predicted octanol–water partition coefficient (Wildman–Crippen LogP) is 1.09. The van der Waals surface area contributed by atoms with Gasteiger partial charge in [0.05, 0.1) is 11.5 Å². The lowest BCUT2D eigenvalue weighted by molar-refractivity contribution is -0.130. The van der Waals surface area contributed by atoms with Crippen molar-refractivity contribution in [2.24, 2.45) is 17.8 Å². The highest BCUT2D eigenvalue weighted by Crippen LogP contribution is 2.33. The Morgan fingerprint density at radius 3 is 2.33 bits per heavy atom. The smallest absolute Gasteiger partial charge is 0.222 e. The van der Waals surface area contributed by atoms with Gasteiger partial charge in [-0.25, -0.2) is 8.42 Å². The van der Waals surface area contributed by atoms with Gasteiger partial charge in [0, 0.05) is 32.7 Å². The van der Waals surface area contributed by atoms with Gasteiger partial charge in [0.25, 0.3) is 0 Å². The van der Waals surface area contributed by atoms with Gasteiger partial charge in [-0.3, -0.25) is 4.79 Å². The fourth-order valence-electron chi connectivity index (χ4n) is 3.98. The Balaban J connectivity index is 1.39. The van der Waals surface area contributed by atoms with Crippen molar-refractivity contribution in [2.45, 2.75) is 32.1 Å². The summed E-state index contributed by atoms with van der Waals surface area (Å²) in [6.07, 6.45) is 4.93. The molecule has 3 heterocycles. The van der Waals surface area contributed by atoms with E-state index in [0.717, 1.165) is 44.8 Å². The highest BCUT2D eigenvalue weighted by atomic mass is 32.2. The molecule has 0 N–H and O–H groups in total. The van der Waals surface area contributed by atoms with Crippen LogP contribution in [0.5, 0.6) is 0 Å². The van der Waals surface area contributed by atoms with Crippen molar-refractivity contribution in [2.75, 3.05) is 37.8 Å². The van der Waals surface area contributed by atoms with Gasteiger partial charge >= 0.3 is 0 Å². The zero-order valence-corrected chi connectivity index (χ0v) is 13.3. The van der Waals surface area contributed by atoms with Crippen LogP contribution in [0.15, 0.2) is 0 Å². The summed E-state index contributed by atoms with van der Waals surface area (Å²) in [4.78, 5) is 14.1. The lowest BCUT2D eigenvalue weighted by Crippen LogP contribution is -2.31. The second kappa shape index (κ2) is 6.24. The second-order valence-electron chi connectivity index (χ2n) is 6.84. The van der Waals surface area contributed by atoms with Crippen molar-refractivity contribution in [3.8, 4) is 0 Å².